The van der Waals surface area contributed by atoms with Crippen LogP contribution in [-0.2, 0) is 23.9 Å². The number of carbonyl (C=O) groups excluding carboxylic acids is 4. The lowest BCUT2D eigenvalue weighted by Crippen LogP contribution is -2.79. The third-order valence-electron chi connectivity index (χ3n) is 9.80. The third-order valence-corrected chi connectivity index (χ3v) is 9.80. The van der Waals surface area contributed by atoms with E-state index < -0.39 is 34.6 Å². The molecular weight excluding hydrogens is 308 g/mol. The molecule has 12 unspecified atom stereocenters. The summed E-state index contributed by atoms with van der Waals surface area (Å²) in [6.45, 7) is 0. The van der Waals surface area contributed by atoms with Crippen LogP contribution < -0.4 is 0 Å². The normalized spacial score (nSPS) is 70.3. The number of carbonyl (C=O) groups is 4. The van der Waals surface area contributed by atoms with E-state index >= 15 is 0 Å². The number of fused-ring (bicyclic) bond motifs is 1. The fourth-order valence-corrected chi connectivity index (χ4v) is 10.1. The highest BCUT2D eigenvalue weighted by molar-refractivity contribution is 6.14. The number of hydrogen-bond donors (Lipinski definition) is 0. The molecule has 0 radical (unpaired) electrons. The van der Waals surface area contributed by atoms with E-state index in [4.69, 9.17) is 4.74 Å². The van der Waals surface area contributed by atoms with E-state index in [1.807, 2.05) is 12.2 Å². The van der Waals surface area contributed by atoms with Gasteiger partial charge in [-0.3, -0.25) is 19.2 Å². The van der Waals surface area contributed by atoms with Gasteiger partial charge in [0.15, 0.2) is 0 Å². The Kier molecular flexibility index (Phi) is 1.34. The Morgan fingerprint density at radius 3 is 1.67 bits per heavy atom. The standard InChI is InChI=1S/C19H14O5/c20-14-8-4-3-5-9(8)15(21)19-7-2-1-6(18(14,19)12(4)13(5)19)10-11(7)17(23)24-16(10)22/h1-2,4-13H,3H2. The second kappa shape index (κ2) is 2.74. The Morgan fingerprint density at radius 2 is 1.21 bits per heavy atom. The summed E-state index contributed by atoms with van der Waals surface area (Å²) in [6.07, 6.45) is 4.99. The van der Waals surface area contributed by atoms with Crippen molar-refractivity contribution < 1.29 is 23.9 Å². The molecule has 2 spiro atoms. The molecule has 6 saturated carbocycles. The predicted molar refractivity (Wildman–Crippen MR) is 74.6 cm³/mol. The SMILES string of the molecule is O=C1OC(=O)C2C1C1C=CC2C23C(=O)C4C5CC6C4C(=O)C12C6C53. The number of Topliss-reactive ketones (excluding diaryl/α,β-unsaturated/α-hetero) is 2. The zero-order valence-corrected chi connectivity index (χ0v) is 12.7. The van der Waals surface area contributed by atoms with Gasteiger partial charge in [-0.2, -0.15) is 0 Å². The van der Waals surface area contributed by atoms with Gasteiger partial charge in [-0.05, 0) is 30.1 Å². The van der Waals surface area contributed by atoms with E-state index in [0.29, 0.717) is 11.8 Å². The Morgan fingerprint density at radius 1 is 0.750 bits per heavy atom. The van der Waals surface area contributed by atoms with Crippen molar-refractivity contribution in [2.24, 2.45) is 70.0 Å². The Bertz CT molecular complexity index is 831. The molecule has 12 atom stereocenters. The topological polar surface area (TPSA) is 77.5 Å². The minimum absolute atomic E-state index is 0.0845. The van der Waals surface area contributed by atoms with Gasteiger partial charge < -0.3 is 4.74 Å². The summed E-state index contributed by atoms with van der Waals surface area (Å²) in [5.74, 6) is -0.961. The van der Waals surface area contributed by atoms with Gasteiger partial charge in [0.1, 0.15) is 11.6 Å². The fourth-order valence-electron chi connectivity index (χ4n) is 10.1. The quantitative estimate of drug-likeness (QED) is 0.366. The number of ether oxygens (including phenoxy) is 1. The van der Waals surface area contributed by atoms with Crippen LogP contribution in [0.3, 0.4) is 0 Å². The zero-order chi connectivity index (χ0) is 15.9. The average Bonchev–Trinajstić information content (AvgIpc) is 3.18. The summed E-state index contributed by atoms with van der Waals surface area (Å²) in [4.78, 5) is 51.8. The van der Waals surface area contributed by atoms with Gasteiger partial charge in [0, 0.05) is 23.7 Å². The number of cyclic esters (lactones) is 2. The van der Waals surface area contributed by atoms with E-state index in [1.54, 1.807) is 0 Å². The number of allylic oxidation sites excluding steroid dienone is 2. The van der Waals surface area contributed by atoms with Gasteiger partial charge in [-0.25, -0.2) is 0 Å². The first kappa shape index (κ1) is 11.7. The van der Waals surface area contributed by atoms with Crippen molar-refractivity contribution in [3.8, 4) is 0 Å². The molecule has 9 aliphatic rings. The molecule has 1 saturated heterocycles. The molecule has 5 heteroatoms. The fraction of sp³-hybridized carbons (Fsp3) is 0.684. The van der Waals surface area contributed by atoms with Crippen LogP contribution in [0.25, 0.3) is 0 Å². The number of rotatable bonds is 0. The van der Waals surface area contributed by atoms with Gasteiger partial charge in [-0.15, -0.1) is 0 Å². The van der Waals surface area contributed by atoms with Crippen LogP contribution in [-0.4, -0.2) is 23.5 Å². The molecule has 5 nitrogen and oxygen atoms in total. The van der Waals surface area contributed by atoms with E-state index in [-0.39, 0.29) is 47.1 Å². The smallest absolute Gasteiger partial charge is 0.318 e. The van der Waals surface area contributed by atoms with Crippen LogP contribution >= 0.6 is 0 Å². The van der Waals surface area contributed by atoms with E-state index in [2.05, 4.69) is 0 Å². The van der Waals surface area contributed by atoms with Crippen LogP contribution in [0.1, 0.15) is 6.42 Å². The highest BCUT2D eigenvalue weighted by Crippen LogP contribution is 2.95. The monoisotopic (exact) mass is 322 g/mol. The van der Waals surface area contributed by atoms with Gasteiger partial charge in [-0.1, -0.05) is 12.2 Å². The first-order chi connectivity index (χ1) is 11.6. The molecule has 0 aromatic rings. The van der Waals surface area contributed by atoms with E-state index in [9.17, 15) is 19.2 Å². The second-order valence-corrected chi connectivity index (χ2v) is 9.36. The van der Waals surface area contributed by atoms with Gasteiger partial charge in [0.05, 0.1) is 22.7 Å². The van der Waals surface area contributed by atoms with Crippen molar-refractivity contribution in [3.63, 3.8) is 0 Å². The zero-order valence-electron chi connectivity index (χ0n) is 12.7. The van der Waals surface area contributed by atoms with Crippen molar-refractivity contribution in [3.05, 3.63) is 12.2 Å². The van der Waals surface area contributed by atoms with Crippen molar-refractivity contribution in [2.75, 3.05) is 0 Å². The maximum Gasteiger partial charge on any atom is 0.318 e. The summed E-state index contributed by atoms with van der Waals surface area (Å²) in [6, 6.07) is 0. The Balaban J connectivity index is 1.52. The molecule has 4 bridgehead atoms. The van der Waals surface area contributed by atoms with Gasteiger partial charge >= 0.3 is 11.9 Å². The average molecular weight is 322 g/mol. The highest BCUT2D eigenvalue weighted by atomic mass is 16.6. The van der Waals surface area contributed by atoms with Crippen LogP contribution in [0.2, 0.25) is 0 Å². The molecule has 7 fully saturated rings. The van der Waals surface area contributed by atoms with Crippen LogP contribution in [0.5, 0.6) is 0 Å². The molecular formula is C19H14O5. The van der Waals surface area contributed by atoms with Gasteiger partial charge in [0.2, 0.25) is 0 Å². The molecule has 24 heavy (non-hydrogen) atoms. The molecule has 1 aliphatic heterocycles. The van der Waals surface area contributed by atoms with Crippen LogP contribution in [0, 0.1) is 70.0 Å². The lowest BCUT2D eigenvalue weighted by Gasteiger charge is -2.73. The van der Waals surface area contributed by atoms with Crippen LogP contribution in [0.4, 0.5) is 0 Å². The number of hydrogen-bond acceptors (Lipinski definition) is 5. The molecule has 0 aromatic heterocycles. The maximum atomic E-state index is 13.5. The number of ketones is 2. The molecule has 1 heterocycles. The first-order valence-electron chi connectivity index (χ1n) is 9.10. The molecule has 0 aromatic carbocycles. The molecule has 9 rings (SSSR count). The molecule has 0 N–H and O–H groups in total. The minimum atomic E-state index is -0.671. The predicted octanol–water partition coefficient (Wildman–Crippen LogP) is 0.384. The summed E-state index contributed by atoms with van der Waals surface area (Å²) in [7, 11) is 0. The lowest BCUT2D eigenvalue weighted by molar-refractivity contribution is -0.249. The van der Waals surface area contributed by atoms with Crippen LogP contribution in [0.15, 0.2) is 12.2 Å². The summed E-state index contributed by atoms with van der Waals surface area (Å²) < 4.78 is 4.98. The summed E-state index contributed by atoms with van der Waals surface area (Å²) in [5, 5.41) is 0. The molecule has 0 amide bonds. The van der Waals surface area contributed by atoms with Crippen molar-refractivity contribution in [1.82, 2.24) is 0 Å². The Hall–Kier alpha value is -1.78. The van der Waals surface area contributed by atoms with E-state index in [1.165, 1.54) is 0 Å². The molecule has 120 valence electrons. The van der Waals surface area contributed by atoms with E-state index in [0.717, 1.165) is 6.42 Å². The number of esters is 2. The maximum absolute atomic E-state index is 13.5. The summed E-state index contributed by atoms with van der Waals surface area (Å²) >= 11 is 0. The second-order valence-electron chi connectivity index (χ2n) is 9.36. The van der Waals surface area contributed by atoms with Crippen molar-refractivity contribution in [2.45, 2.75) is 6.42 Å². The lowest BCUT2D eigenvalue weighted by atomic mass is 9.26. The third kappa shape index (κ3) is 0.638. The highest BCUT2D eigenvalue weighted by Gasteiger charge is 3.00. The Labute approximate surface area is 136 Å². The first-order valence-corrected chi connectivity index (χ1v) is 9.10. The largest absolute Gasteiger partial charge is 0.393 e. The van der Waals surface area contributed by atoms with Gasteiger partial charge in [0.25, 0.3) is 0 Å². The minimum Gasteiger partial charge on any atom is -0.393 e. The molecule has 8 aliphatic carbocycles. The van der Waals surface area contributed by atoms with Crippen molar-refractivity contribution >= 4 is 23.5 Å². The summed E-state index contributed by atoms with van der Waals surface area (Å²) in [5.41, 5.74) is -1.34. The van der Waals surface area contributed by atoms with Crippen molar-refractivity contribution in [1.29, 1.82) is 0 Å².